The highest BCUT2D eigenvalue weighted by atomic mass is 35.5. The summed E-state index contributed by atoms with van der Waals surface area (Å²) in [5.41, 5.74) is -1.39. The van der Waals surface area contributed by atoms with Crippen LogP contribution in [0.2, 0.25) is 4.34 Å². The second-order valence-corrected chi connectivity index (χ2v) is 8.87. The molecular formula is C21H29ClO5S. The number of allylic oxidation sites excluding steroid dienone is 3. The number of aliphatic carboxylic acids is 1. The highest BCUT2D eigenvalue weighted by Gasteiger charge is 2.54. The molecule has 0 amide bonds. The molecule has 5 nitrogen and oxygen atoms in total. The van der Waals surface area contributed by atoms with E-state index in [9.17, 15) is 25.2 Å². The van der Waals surface area contributed by atoms with E-state index in [4.69, 9.17) is 11.6 Å². The molecule has 5 atom stereocenters. The molecule has 4 N–H and O–H groups in total. The highest BCUT2D eigenvalue weighted by Crippen LogP contribution is 2.45. The summed E-state index contributed by atoms with van der Waals surface area (Å²) >= 11 is 7.66. The Balaban J connectivity index is 2.33. The minimum atomic E-state index is -2.32. The molecule has 1 aromatic rings. The van der Waals surface area contributed by atoms with Gasteiger partial charge >= 0.3 is 5.97 Å². The summed E-state index contributed by atoms with van der Waals surface area (Å²) in [5, 5.41) is 43.9. The zero-order valence-corrected chi connectivity index (χ0v) is 17.8. The number of halogens is 1. The molecule has 0 spiro atoms. The average Bonchev–Trinajstić information content (AvgIpc) is 3.32. The number of rotatable bonds is 9. The van der Waals surface area contributed by atoms with Crippen LogP contribution in [0.1, 0.15) is 57.4 Å². The van der Waals surface area contributed by atoms with Crippen molar-refractivity contribution in [2.24, 2.45) is 11.8 Å². The number of carboxylic acid groups (broad SMARTS) is 1. The standard InChI is InChI=1S/C21H29ClO5S/c1-3-5-9-18(24)21(27,20(25)26)16-8-6-7-15(16)17(23)12-13(4-2)14-10-11-28-19(14)22/h3,5,10-13,15-16,18,23-24,27H,4,6-9H2,1-2H3,(H,25,26)/b5-3-,17-12+/t13-,15-,16?,18-,21?/m1/s1. The molecule has 0 radical (unpaired) electrons. The van der Waals surface area contributed by atoms with Crippen LogP contribution in [0, 0.1) is 11.8 Å². The molecule has 28 heavy (non-hydrogen) atoms. The molecule has 156 valence electrons. The molecule has 0 aromatic carbocycles. The van der Waals surface area contributed by atoms with E-state index in [2.05, 4.69) is 0 Å². The van der Waals surface area contributed by atoms with Gasteiger partial charge in [-0.2, -0.15) is 0 Å². The van der Waals surface area contributed by atoms with Crippen LogP contribution in [0.4, 0.5) is 0 Å². The topological polar surface area (TPSA) is 98.0 Å². The van der Waals surface area contributed by atoms with Crippen LogP contribution in [0.15, 0.2) is 35.4 Å². The second kappa shape index (κ2) is 9.92. The molecular weight excluding hydrogens is 400 g/mol. The predicted molar refractivity (Wildman–Crippen MR) is 112 cm³/mol. The Morgan fingerprint density at radius 3 is 2.68 bits per heavy atom. The SMILES string of the molecule is C/C=C\C[C@@H](O)C(O)(C(=O)O)C1CCC[C@H]1/C(O)=C\[C@@H](CC)c1ccsc1Cl. The van der Waals surface area contributed by atoms with E-state index in [1.807, 2.05) is 18.4 Å². The lowest BCUT2D eigenvalue weighted by Crippen LogP contribution is -2.56. The van der Waals surface area contributed by atoms with Gasteiger partial charge in [-0.1, -0.05) is 37.1 Å². The Labute approximate surface area is 175 Å². The van der Waals surface area contributed by atoms with Crippen LogP contribution in [0.5, 0.6) is 0 Å². The molecule has 1 saturated carbocycles. The monoisotopic (exact) mass is 428 g/mol. The predicted octanol–water partition coefficient (Wildman–Crippen LogP) is 4.90. The quantitative estimate of drug-likeness (QED) is 0.331. The summed E-state index contributed by atoms with van der Waals surface area (Å²) in [4.78, 5) is 11.9. The molecule has 7 heteroatoms. The second-order valence-electron chi connectivity index (χ2n) is 7.35. The van der Waals surface area contributed by atoms with Gasteiger partial charge in [0.1, 0.15) is 0 Å². The van der Waals surface area contributed by atoms with Gasteiger partial charge in [0.15, 0.2) is 5.60 Å². The van der Waals surface area contributed by atoms with Crippen molar-refractivity contribution in [1.82, 2.24) is 0 Å². The number of aliphatic hydroxyl groups is 3. The largest absolute Gasteiger partial charge is 0.512 e. The van der Waals surface area contributed by atoms with Crippen LogP contribution >= 0.6 is 22.9 Å². The maximum Gasteiger partial charge on any atom is 0.338 e. The first-order valence-electron chi connectivity index (χ1n) is 9.65. The van der Waals surface area contributed by atoms with Crippen molar-refractivity contribution in [2.45, 2.75) is 63.6 Å². The molecule has 2 rings (SSSR count). The van der Waals surface area contributed by atoms with Gasteiger partial charge in [0.05, 0.1) is 16.2 Å². The summed E-state index contributed by atoms with van der Waals surface area (Å²) in [6, 6.07) is 1.92. The van der Waals surface area contributed by atoms with Crippen LogP contribution in [0.25, 0.3) is 0 Å². The number of hydrogen-bond donors (Lipinski definition) is 4. The van der Waals surface area contributed by atoms with E-state index in [0.29, 0.717) is 23.6 Å². The number of hydrogen-bond acceptors (Lipinski definition) is 5. The molecule has 0 bridgehead atoms. The number of aliphatic hydroxyl groups excluding tert-OH is 2. The summed E-state index contributed by atoms with van der Waals surface area (Å²) in [7, 11) is 0. The molecule has 1 aliphatic carbocycles. The van der Waals surface area contributed by atoms with E-state index in [0.717, 1.165) is 12.0 Å². The maximum absolute atomic E-state index is 11.9. The molecule has 0 saturated heterocycles. The van der Waals surface area contributed by atoms with Gasteiger partial charge in [-0.25, -0.2) is 4.79 Å². The van der Waals surface area contributed by atoms with Crippen molar-refractivity contribution in [3.05, 3.63) is 45.3 Å². The third-order valence-electron chi connectivity index (χ3n) is 5.76. The van der Waals surface area contributed by atoms with Crippen LogP contribution in [0.3, 0.4) is 0 Å². The smallest absolute Gasteiger partial charge is 0.338 e. The van der Waals surface area contributed by atoms with Crippen molar-refractivity contribution >= 4 is 28.9 Å². The highest BCUT2D eigenvalue weighted by molar-refractivity contribution is 7.14. The zero-order chi connectivity index (χ0) is 20.9. The molecule has 1 aromatic heterocycles. The first kappa shape index (κ1) is 22.9. The molecule has 1 heterocycles. The van der Waals surface area contributed by atoms with Gasteiger partial charge in [0.2, 0.25) is 0 Å². The summed E-state index contributed by atoms with van der Waals surface area (Å²) in [6.45, 7) is 3.75. The fourth-order valence-electron chi connectivity index (χ4n) is 4.16. The lowest BCUT2D eigenvalue weighted by molar-refractivity contribution is -0.184. The third-order valence-corrected chi connectivity index (χ3v) is 6.96. The van der Waals surface area contributed by atoms with E-state index in [-0.39, 0.29) is 18.1 Å². The van der Waals surface area contributed by atoms with Crippen LogP contribution in [-0.4, -0.2) is 38.1 Å². The Morgan fingerprint density at radius 2 is 2.14 bits per heavy atom. The van der Waals surface area contributed by atoms with Crippen molar-refractivity contribution in [1.29, 1.82) is 0 Å². The van der Waals surface area contributed by atoms with Gasteiger partial charge in [-0.05, 0) is 55.7 Å². The minimum absolute atomic E-state index is 0.0368. The molecule has 1 fully saturated rings. The van der Waals surface area contributed by atoms with E-state index < -0.39 is 29.5 Å². The zero-order valence-electron chi connectivity index (χ0n) is 16.2. The number of carbonyl (C=O) groups is 1. The number of carboxylic acids is 1. The molecule has 0 aliphatic heterocycles. The fourth-order valence-corrected chi connectivity index (χ4v) is 5.21. The first-order chi connectivity index (χ1) is 13.3. The average molecular weight is 429 g/mol. The van der Waals surface area contributed by atoms with Gasteiger partial charge in [0, 0.05) is 17.8 Å². The Bertz CT molecular complexity index is 728. The van der Waals surface area contributed by atoms with E-state index >= 15 is 0 Å². The fraction of sp³-hybridized carbons (Fsp3) is 0.571. The normalized spacial score (nSPS) is 25.0. The van der Waals surface area contributed by atoms with Crippen LogP contribution < -0.4 is 0 Å². The lowest BCUT2D eigenvalue weighted by atomic mass is 9.74. The van der Waals surface area contributed by atoms with Crippen LogP contribution in [-0.2, 0) is 4.79 Å². The lowest BCUT2D eigenvalue weighted by Gasteiger charge is -2.37. The third kappa shape index (κ3) is 4.62. The van der Waals surface area contributed by atoms with Crippen molar-refractivity contribution in [3.63, 3.8) is 0 Å². The minimum Gasteiger partial charge on any atom is -0.512 e. The van der Waals surface area contributed by atoms with Gasteiger partial charge in [0.25, 0.3) is 0 Å². The maximum atomic E-state index is 11.9. The first-order valence-corrected chi connectivity index (χ1v) is 10.9. The van der Waals surface area contributed by atoms with E-state index in [1.165, 1.54) is 11.3 Å². The van der Waals surface area contributed by atoms with Gasteiger partial charge in [-0.15, -0.1) is 11.3 Å². The Kier molecular flexibility index (Phi) is 8.13. The van der Waals surface area contributed by atoms with Crippen molar-refractivity contribution in [3.8, 4) is 0 Å². The molecule has 2 unspecified atom stereocenters. The van der Waals surface area contributed by atoms with Crippen molar-refractivity contribution in [2.75, 3.05) is 0 Å². The Hall–Kier alpha value is -1.34. The van der Waals surface area contributed by atoms with Gasteiger partial charge in [-0.3, -0.25) is 0 Å². The number of thiophene rings is 1. The van der Waals surface area contributed by atoms with Gasteiger partial charge < -0.3 is 20.4 Å². The summed E-state index contributed by atoms with van der Waals surface area (Å²) in [5.74, 6) is -2.77. The Morgan fingerprint density at radius 1 is 1.43 bits per heavy atom. The summed E-state index contributed by atoms with van der Waals surface area (Å²) < 4.78 is 0.669. The van der Waals surface area contributed by atoms with Crippen molar-refractivity contribution < 1.29 is 25.2 Å². The van der Waals surface area contributed by atoms with E-state index in [1.54, 1.807) is 25.2 Å². The molecule has 1 aliphatic rings. The summed E-state index contributed by atoms with van der Waals surface area (Å²) in [6.07, 6.45) is 6.02.